The normalized spacial score (nSPS) is 18.2. The lowest BCUT2D eigenvalue weighted by Crippen LogP contribution is -2.64. The standard InChI is InChI=1S/C30H25N3O7S/c1-19(34)39-17-23-18-41-29-25(31-16-22-14-8-9-15-24(22)33(37)38)28(35)32(29)26(23)30(36)40-27(20-10-4-2-5-11-20)21-12-6-3-7-13-21/h2-16,25,27,29H,17-18H2,1H3/t25-,29-/m1/s1. The van der Waals surface area contributed by atoms with Crippen molar-refractivity contribution in [3.63, 3.8) is 0 Å². The van der Waals surface area contributed by atoms with Crippen LogP contribution in [0.2, 0.25) is 0 Å². The third-order valence-corrected chi connectivity index (χ3v) is 7.92. The number of hydrogen-bond donors (Lipinski definition) is 0. The summed E-state index contributed by atoms with van der Waals surface area (Å²) >= 11 is 1.36. The van der Waals surface area contributed by atoms with Crippen molar-refractivity contribution in [2.75, 3.05) is 12.4 Å². The first-order chi connectivity index (χ1) is 19.8. The monoisotopic (exact) mass is 571 g/mol. The van der Waals surface area contributed by atoms with Crippen LogP contribution in [0.3, 0.4) is 0 Å². The molecule has 2 aliphatic heterocycles. The van der Waals surface area contributed by atoms with Crippen LogP contribution in [0.15, 0.2) is 101 Å². The van der Waals surface area contributed by atoms with E-state index < -0.39 is 40.3 Å². The van der Waals surface area contributed by atoms with Crippen molar-refractivity contribution in [3.8, 4) is 0 Å². The first-order valence-electron chi connectivity index (χ1n) is 12.7. The zero-order chi connectivity index (χ0) is 28.9. The van der Waals surface area contributed by atoms with Crippen LogP contribution in [0.5, 0.6) is 0 Å². The molecule has 0 aromatic heterocycles. The van der Waals surface area contributed by atoms with E-state index in [2.05, 4.69) is 4.99 Å². The highest BCUT2D eigenvalue weighted by molar-refractivity contribution is 8.00. The predicted molar refractivity (Wildman–Crippen MR) is 152 cm³/mol. The SMILES string of the molecule is CC(=O)OCC1=C(C(=O)OC(c2ccccc2)c2ccccc2)N2C(=O)[C@@H](N=Cc3ccccc3[N+](=O)[O-])[C@H]2SC1. The summed E-state index contributed by atoms with van der Waals surface area (Å²) in [4.78, 5) is 55.3. The van der Waals surface area contributed by atoms with Crippen LogP contribution in [0, 0.1) is 10.1 Å². The molecule has 0 aliphatic carbocycles. The number of esters is 2. The lowest BCUT2D eigenvalue weighted by Gasteiger charge is -2.48. The highest BCUT2D eigenvalue weighted by atomic mass is 32.2. The number of β-lactam (4-membered cyclic amide) rings is 1. The van der Waals surface area contributed by atoms with Gasteiger partial charge in [-0.3, -0.25) is 29.6 Å². The van der Waals surface area contributed by atoms with Crippen molar-refractivity contribution >= 4 is 41.5 Å². The molecule has 0 N–H and O–H groups in total. The van der Waals surface area contributed by atoms with E-state index in [1.165, 1.54) is 35.9 Å². The highest BCUT2D eigenvalue weighted by Gasteiger charge is 2.54. The molecule has 0 bridgehead atoms. The lowest BCUT2D eigenvalue weighted by molar-refractivity contribution is -0.385. The zero-order valence-corrected chi connectivity index (χ0v) is 22.7. The molecule has 5 rings (SSSR count). The Hall–Kier alpha value is -4.77. The molecule has 10 nitrogen and oxygen atoms in total. The Morgan fingerprint density at radius 2 is 1.66 bits per heavy atom. The molecule has 3 aromatic rings. The van der Waals surface area contributed by atoms with Crippen molar-refractivity contribution in [2.45, 2.75) is 24.4 Å². The molecule has 2 heterocycles. The van der Waals surface area contributed by atoms with Gasteiger partial charge in [-0.15, -0.1) is 11.8 Å². The summed E-state index contributed by atoms with van der Waals surface area (Å²) in [7, 11) is 0. The number of amides is 1. The van der Waals surface area contributed by atoms with Crippen LogP contribution in [0.25, 0.3) is 0 Å². The molecule has 208 valence electrons. The molecular weight excluding hydrogens is 546 g/mol. The van der Waals surface area contributed by atoms with Gasteiger partial charge in [0.2, 0.25) is 0 Å². The second-order valence-electron chi connectivity index (χ2n) is 9.29. The Bertz CT molecular complexity index is 1500. The number of para-hydroxylation sites is 1. The molecule has 0 spiro atoms. The van der Waals surface area contributed by atoms with Gasteiger partial charge in [-0.1, -0.05) is 72.8 Å². The molecule has 0 radical (unpaired) electrons. The van der Waals surface area contributed by atoms with E-state index in [1.54, 1.807) is 18.2 Å². The number of ether oxygens (including phenoxy) is 2. The first-order valence-corrected chi connectivity index (χ1v) is 13.8. The fourth-order valence-electron chi connectivity index (χ4n) is 4.63. The minimum absolute atomic E-state index is 0.0222. The van der Waals surface area contributed by atoms with Crippen LogP contribution in [-0.4, -0.2) is 57.7 Å². The second kappa shape index (κ2) is 12.2. The summed E-state index contributed by atoms with van der Waals surface area (Å²) in [5.41, 5.74) is 2.10. The molecule has 1 amide bonds. The van der Waals surface area contributed by atoms with Gasteiger partial charge < -0.3 is 9.47 Å². The average molecular weight is 572 g/mol. The fourth-order valence-corrected chi connectivity index (χ4v) is 5.95. The van der Waals surface area contributed by atoms with Gasteiger partial charge in [0.25, 0.3) is 11.6 Å². The molecule has 1 fully saturated rings. The molecule has 11 heteroatoms. The Kier molecular flexibility index (Phi) is 8.25. The molecule has 2 atom stereocenters. The van der Waals surface area contributed by atoms with Gasteiger partial charge in [0.05, 0.1) is 10.5 Å². The van der Waals surface area contributed by atoms with Gasteiger partial charge in [0, 0.05) is 30.5 Å². The van der Waals surface area contributed by atoms with Crippen LogP contribution < -0.4 is 0 Å². The molecule has 1 saturated heterocycles. The molecule has 0 saturated carbocycles. The third-order valence-electron chi connectivity index (χ3n) is 6.60. The van der Waals surface area contributed by atoms with Crippen molar-refractivity contribution in [2.24, 2.45) is 4.99 Å². The first kappa shape index (κ1) is 27.8. The minimum atomic E-state index is -0.850. The highest BCUT2D eigenvalue weighted by Crippen LogP contribution is 2.43. The number of nitro benzene ring substituents is 1. The number of nitrogens with zero attached hydrogens (tertiary/aromatic N) is 3. The molecule has 41 heavy (non-hydrogen) atoms. The number of hydrogen-bond acceptors (Lipinski definition) is 9. The Labute approximate surface area is 239 Å². The van der Waals surface area contributed by atoms with Crippen molar-refractivity contribution < 1.29 is 28.8 Å². The smallest absolute Gasteiger partial charge is 0.356 e. The summed E-state index contributed by atoms with van der Waals surface area (Å²) in [5, 5.41) is 10.8. The summed E-state index contributed by atoms with van der Waals surface area (Å²) < 4.78 is 11.3. The topological polar surface area (TPSA) is 128 Å². The molecule has 3 aromatic carbocycles. The van der Waals surface area contributed by atoms with E-state index in [-0.39, 0.29) is 23.6 Å². The van der Waals surface area contributed by atoms with Gasteiger partial charge in [0.15, 0.2) is 12.1 Å². The second-order valence-corrected chi connectivity index (χ2v) is 10.4. The number of fused-ring (bicyclic) bond motifs is 1. The lowest BCUT2D eigenvalue weighted by atomic mass is 10.0. The predicted octanol–water partition coefficient (Wildman–Crippen LogP) is 4.45. The van der Waals surface area contributed by atoms with E-state index in [0.717, 1.165) is 11.1 Å². The maximum atomic E-state index is 13.8. The van der Waals surface area contributed by atoms with Crippen LogP contribution in [-0.2, 0) is 23.9 Å². The van der Waals surface area contributed by atoms with Crippen LogP contribution >= 0.6 is 11.8 Å². The maximum Gasteiger partial charge on any atom is 0.356 e. The van der Waals surface area contributed by atoms with Gasteiger partial charge in [-0.05, 0) is 17.2 Å². The summed E-state index contributed by atoms with van der Waals surface area (Å²) in [6, 6.07) is 23.7. The number of carbonyl (C=O) groups excluding carboxylic acids is 3. The summed E-state index contributed by atoms with van der Waals surface area (Å²) in [5.74, 6) is -1.42. The number of aliphatic imine (C=N–C) groups is 1. The maximum absolute atomic E-state index is 13.8. The Morgan fingerprint density at radius 3 is 2.27 bits per heavy atom. The molecular formula is C30H25N3O7S. The number of thioether (sulfide) groups is 1. The van der Waals surface area contributed by atoms with E-state index in [9.17, 15) is 24.5 Å². The molecule has 2 aliphatic rings. The van der Waals surface area contributed by atoms with Gasteiger partial charge in [-0.25, -0.2) is 4.79 Å². The van der Waals surface area contributed by atoms with Crippen molar-refractivity contribution in [3.05, 3.63) is 123 Å². The summed E-state index contributed by atoms with van der Waals surface area (Å²) in [6.07, 6.45) is 0.569. The minimum Gasteiger partial charge on any atom is -0.461 e. The van der Waals surface area contributed by atoms with Gasteiger partial charge >= 0.3 is 11.9 Å². The molecule has 0 unspecified atom stereocenters. The van der Waals surface area contributed by atoms with Gasteiger partial charge in [0.1, 0.15) is 17.7 Å². The number of benzene rings is 3. The Balaban J connectivity index is 1.44. The van der Waals surface area contributed by atoms with E-state index in [0.29, 0.717) is 11.3 Å². The largest absolute Gasteiger partial charge is 0.461 e. The van der Waals surface area contributed by atoms with Crippen molar-refractivity contribution in [1.29, 1.82) is 0 Å². The number of nitro groups is 1. The average Bonchev–Trinajstić information content (AvgIpc) is 2.99. The van der Waals surface area contributed by atoms with Crippen LogP contribution in [0.4, 0.5) is 5.69 Å². The summed E-state index contributed by atoms with van der Waals surface area (Å²) in [6.45, 7) is 1.09. The van der Waals surface area contributed by atoms with E-state index in [4.69, 9.17) is 9.47 Å². The Morgan fingerprint density at radius 1 is 1.05 bits per heavy atom. The number of rotatable bonds is 9. The fraction of sp³-hybridized carbons (Fsp3) is 0.200. The van der Waals surface area contributed by atoms with Gasteiger partial charge in [-0.2, -0.15) is 0 Å². The van der Waals surface area contributed by atoms with E-state index >= 15 is 0 Å². The van der Waals surface area contributed by atoms with Crippen molar-refractivity contribution in [1.82, 2.24) is 4.90 Å². The quantitative estimate of drug-likeness (QED) is 0.121. The number of carbonyl (C=O) groups is 3. The van der Waals surface area contributed by atoms with Crippen LogP contribution in [0.1, 0.15) is 29.7 Å². The zero-order valence-electron chi connectivity index (χ0n) is 21.9. The third kappa shape index (κ3) is 5.90. The van der Waals surface area contributed by atoms with E-state index in [1.807, 2.05) is 60.7 Å².